The van der Waals surface area contributed by atoms with E-state index in [9.17, 15) is 0 Å². The van der Waals surface area contributed by atoms with Crippen molar-refractivity contribution in [2.24, 2.45) is 0 Å². The summed E-state index contributed by atoms with van der Waals surface area (Å²) in [5, 5.41) is 2.71. The van der Waals surface area contributed by atoms with E-state index in [0.29, 0.717) is 5.92 Å². The van der Waals surface area contributed by atoms with Gasteiger partial charge in [0.15, 0.2) is 0 Å². The number of aryl methyl sites for hydroxylation is 1. The number of aromatic nitrogens is 1. The minimum atomic E-state index is 0.709. The van der Waals surface area contributed by atoms with Crippen molar-refractivity contribution in [3.63, 3.8) is 0 Å². The summed E-state index contributed by atoms with van der Waals surface area (Å²) in [6, 6.07) is 27.8. The lowest BCUT2D eigenvalue weighted by Crippen LogP contribution is -1.91. The highest BCUT2D eigenvalue weighted by Gasteiger charge is 2.06. The summed E-state index contributed by atoms with van der Waals surface area (Å²) in [5.74, 6) is 0.709. The number of para-hydroxylation sites is 2. The van der Waals surface area contributed by atoms with Crippen molar-refractivity contribution < 1.29 is 0 Å². The van der Waals surface area contributed by atoms with Crippen molar-refractivity contribution in [1.29, 1.82) is 0 Å². The molecule has 0 spiro atoms. The van der Waals surface area contributed by atoms with Crippen molar-refractivity contribution in [2.45, 2.75) is 39.7 Å². The van der Waals surface area contributed by atoms with Gasteiger partial charge in [0.25, 0.3) is 0 Å². The van der Waals surface area contributed by atoms with Crippen LogP contribution in [0.4, 0.5) is 0 Å². The molecule has 0 saturated carbocycles. The lowest BCUT2D eigenvalue weighted by molar-refractivity contribution is 0.733. The quantitative estimate of drug-likeness (QED) is 0.381. The SMILES string of the molecule is CCC(C)c1ccccc1.CCn1c2ccccc2c2ccccc21. The third-order valence-corrected chi connectivity index (χ3v) is 4.98. The maximum atomic E-state index is 2.37. The summed E-state index contributed by atoms with van der Waals surface area (Å²) >= 11 is 0. The molecule has 1 heterocycles. The van der Waals surface area contributed by atoms with Crippen LogP contribution in [0.5, 0.6) is 0 Å². The fraction of sp³-hybridized carbons (Fsp3) is 0.250. The summed E-state index contributed by atoms with van der Waals surface area (Å²) in [6.45, 7) is 7.69. The highest BCUT2D eigenvalue weighted by molar-refractivity contribution is 6.07. The molecule has 1 atom stereocenters. The molecule has 1 aromatic heterocycles. The second kappa shape index (κ2) is 8.02. The molecule has 1 heteroatoms. The van der Waals surface area contributed by atoms with Crippen LogP contribution in [0, 0.1) is 0 Å². The molecular weight excluding hydrogens is 302 g/mol. The van der Waals surface area contributed by atoms with Crippen molar-refractivity contribution >= 4 is 21.8 Å². The van der Waals surface area contributed by atoms with Crippen LogP contribution in [-0.4, -0.2) is 4.57 Å². The van der Waals surface area contributed by atoms with E-state index >= 15 is 0 Å². The van der Waals surface area contributed by atoms with Gasteiger partial charge in [0.2, 0.25) is 0 Å². The van der Waals surface area contributed by atoms with Crippen LogP contribution >= 0.6 is 0 Å². The largest absolute Gasteiger partial charge is 0.341 e. The molecule has 0 bridgehead atoms. The second-order valence-electron chi connectivity index (χ2n) is 6.50. The lowest BCUT2D eigenvalue weighted by Gasteiger charge is -2.06. The molecule has 0 saturated heterocycles. The fourth-order valence-corrected chi connectivity index (χ4v) is 3.36. The normalized spacial score (nSPS) is 12.0. The number of fused-ring (bicyclic) bond motifs is 3. The van der Waals surface area contributed by atoms with E-state index in [1.165, 1.54) is 33.8 Å². The molecule has 0 aliphatic heterocycles. The molecule has 3 aromatic carbocycles. The summed E-state index contributed by atoms with van der Waals surface area (Å²) in [6.07, 6.45) is 1.23. The van der Waals surface area contributed by atoms with Crippen LogP contribution in [0.25, 0.3) is 21.8 Å². The van der Waals surface area contributed by atoms with E-state index < -0.39 is 0 Å². The second-order valence-corrected chi connectivity index (χ2v) is 6.50. The third kappa shape index (κ3) is 3.61. The van der Waals surface area contributed by atoms with Gasteiger partial charge in [-0.15, -0.1) is 0 Å². The van der Waals surface area contributed by atoms with E-state index in [2.05, 4.69) is 104 Å². The van der Waals surface area contributed by atoms with Crippen LogP contribution in [0.15, 0.2) is 78.9 Å². The minimum absolute atomic E-state index is 0.709. The Morgan fingerprint density at radius 3 is 1.64 bits per heavy atom. The number of benzene rings is 3. The van der Waals surface area contributed by atoms with Crippen LogP contribution in [0.3, 0.4) is 0 Å². The maximum absolute atomic E-state index is 2.37. The Balaban J connectivity index is 0.000000160. The van der Waals surface area contributed by atoms with Crippen LogP contribution in [0.1, 0.15) is 38.7 Å². The van der Waals surface area contributed by atoms with E-state index in [1.54, 1.807) is 0 Å². The standard InChI is InChI=1S/C14H13N.C10H14/c1-2-15-13-9-5-3-7-11(13)12-8-4-6-10-14(12)15;1-3-9(2)10-7-5-4-6-8-10/h3-10H,2H2,1H3;4-9H,3H2,1-2H3. The van der Waals surface area contributed by atoms with Crippen LogP contribution < -0.4 is 0 Å². The first-order valence-electron chi connectivity index (χ1n) is 9.27. The van der Waals surface area contributed by atoms with Gasteiger partial charge < -0.3 is 4.57 Å². The molecular formula is C24H27N. The molecule has 0 amide bonds. The first-order valence-corrected chi connectivity index (χ1v) is 9.27. The monoisotopic (exact) mass is 329 g/mol. The molecule has 1 unspecified atom stereocenters. The Hall–Kier alpha value is -2.54. The molecule has 25 heavy (non-hydrogen) atoms. The molecule has 0 N–H and O–H groups in total. The zero-order chi connectivity index (χ0) is 17.6. The number of hydrogen-bond acceptors (Lipinski definition) is 0. The summed E-state index contributed by atoms with van der Waals surface area (Å²) < 4.78 is 2.37. The van der Waals surface area contributed by atoms with E-state index in [1.807, 2.05) is 0 Å². The maximum Gasteiger partial charge on any atom is 0.0491 e. The highest BCUT2D eigenvalue weighted by atomic mass is 15.0. The average Bonchev–Trinajstić information content (AvgIpc) is 3.02. The molecule has 0 aliphatic carbocycles. The average molecular weight is 329 g/mol. The van der Waals surface area contributed by atoms with Gasteiger partial charge in [0.1, 0.15) is 0 Å². The Labute approximate surface area is 150 Å². The van der Waals surface area contributed by atoms with Crippen LogP contribution in [0.2, 0.25) is 0 Å². The van der Waals surface area contributed by atoms with Gasteiger partial charge in [-0.3, -0.25) is 0 Å². The Bertz CT molecular complexity index is 881. The molecule has 0 aliphatic rings. The first-order chi connectivity index (χ1) is 12.3. The summed E-state index contributed by atoms with van der Waals surface area (Å²) in [5.41, 5.74) is 4.12. The molecule has 4 rings (SSSR count). The van der Waals surface area contributed by atoms with E-state index in [-0.39, 0.29) is 0 Å². The molecule has 4 aromatic rings. The molecule has 1 nitrogen and oxygen atoms in total. The number of nitrogens with zero attached hydrogens (tertiary/aromatic N) is 1. The Morgan fingerprint density at radius 2 is 1.16 bits per heavy atom. The lowest BCUT2D eigenvalue weighted by atomic mass is 9.99. The van der Waals surface area contributed by atoms with E-state index in [4.69, 9.17) is 0 Å². The van der Waals surface area contributed by atoms with Crippen LogP contribution in [-0.2, 0) is 6.54 Å². The van der Waals surface area contributed by atoms with Crippen molar-refractivity contribution in [3.8, 4) is 0 Å². The van der Waals surface area contributed by atoms with Gasteiger partial charge in [0.05, 0.1) is 0 Å². The third-order valence-electron chi connectivity index (χ3n) is 4.98. The predicted octanol–water partition coefficient (Wildman–Crippen LogP) is 7.01. The van der Waals surface area contributed by atoms with Gasteiger partial charge in [-0.05, 0) is 37.0 Å². The Morgan fingerprint density at radius 1 is 0.680 bits per heavy atom. The zero-order valence-electron chi connectivity index (χ0n) is 15.4. The van der Waals surface area contributed by atoms with Crippen molar-refractivity contribution in [2.75, 3.05) is 0 Å². The fourth-order valence-electron chi connectivity index (χ4n) is 3.36. The Kier molecular flexibility index (Phi) is 5.55. The van der Waals surface area contributed by atoms with Gasteiger partial charge in [0, 0.05) is 28.4 Å². The molecule has 128 valence electrons. The summed E-state index contributed by atoms with van der Waals surface area (Å²) in [4.78, 5) is 0. The van der Waals surface area contributed by atoms with E-state index in [0.717, 1.165) is 6.54 Å². The number of hydrogen-bond donors (Lipinski definition) is 0. The van der Waals surface area contributed by atoms with Crippen molar-refractivity contribution in [1.82, 2.24) is 4.57 Å². The first kappa shape index (κ1) is 17.3. The topological polar surface area (TPSA) is 4.93 Å². The summed E-state index contributed by atoms with van der Waals surface area (Å²) in [7, 11) is 0. The highest BCUT2D eigenvalue weighted by Crippen LogP contribution is 2.28. The predicted molar refractivity (Wildman–Crippen MR) is 110 cm³/mol. The van der Waals surface area contributed by atoms with Gasteiger partial charge in [-0.2, -0.15) is 0 Å². The zero-order valence-corrected chi connectivity index (χ0v) is 15.4. The number of rotatable bonds is 3. The molecule has 0 radical (unpaired) electrons. The van der Waals surface area contributed by atoms with Crippen molar-refractivity contribution in [3.05, 3.63) is 84.4 Å². The van der Waals surface area contributed by atoms with Gasteiger partial charge >= 0.3 is 0 Å². The molecule has 0 fully saturated rings. The smallest absolute Gasteiger partial charge is 0.0491 e. The van der Waals surface area contributed by atoms with Gasteiger partial charge in [-0.25, -0.2) is 0 Å². The minimum Gasteiger partial charge on any atom is -0.341 e. The van der Waals surface area contributed by atoms with Gasteiger partial charge in [-0.1, -0.05) is 80.6 Å².